The predicted octanol–water partition coefficient (Wildman–Crippen LogP) is 2.53. The number of rotatable bonds is 4. The van der Waals surface area contributed by atoms with Crippen LogP contribution in [0.1, 0.15) is 18.4 Å². The Hall–Kier alpha value is -1.77. The Kier molecular flexibility index (Phi) is 5.28. The van der Waals surface area contributed by atoms with E-state index in [9.17, 15) is 22.8 Å². The molecule has 0 spiro atoms. The average Bonchev–Trinajstić information content (AvgIpc) is 3.12. The van der Waals surface area contributed by atoms with Gasteiger partial charge in [-0.3, -0.25) is 9.69 Å². The van der Waals surface area contributed by atoms with E-state index in [1.807, 2.05) is 16.8 Å². The highest BCUT2D eigenvalue weighted by molar-refractivity contribution is 7.07. The van der Waals surface area contributed by atoms with Gasteiger partial charge in [0.2, 0.25) is 5.91 Å². The number of amides is 2. The second-order valence-electron chi connectivity index (χ2n) is 4.87. The van der Waals surface area contributed by atoms with Crippen LogP contribution in [0.15, 0.2) is 16.8 Å². The number of halogens is 3. The van der Waals surface area contributed by atoms with Crippen molar-refractivity contribution >= 4 is 23.3 Å². The van der Waals surface area contributed by atoms with E-state index in [0.29, 0.717) is 19.4 Å². The molecule has 1 aliphatic rings. The van der Waals surface area contributed by atoms with Crippen molar-refractivity contribution in [2.75, 3.05) is 13.2 Å². The Labute approximate surface area is 129 Å². The summed E-state index contributed by atoms with van der Waals surface area (Å²) in [4.78, 5) is 24.8. The highest BCUT2D eigenvalue weighted by atomic mass is 32.1. The zero-order chi connectivity index (χ0) is 16.2. The zero-order valence-corrected chi connectivity index (χ0v) is 12.4. The third kappa shape index (κ3) is 4.62. The van der Waals surface area contributed by atoms with Crippen molar-refractivity contribution in [1.82, 2.24) is 10.2 Å². The summed E-state index contributed by atoms with van der Waals surface area (Å²) in [5.41, 5.74) is 0.933. The summed E-state index contributed by atoms with van der Waals surface area (Å²) in [5, 5.41) is 6.43. The summed E-state index contributed by atoms with van der Waals surface area (Å²) in [6, 6.07) is 1.08. The van der Waals surface area contributed by atoms with Crippen LogP contribution in [0.4, 0.5) is 18.0 Å². The van der Waals surface area contributed by atoms with Gasteiger partial charge in [-0.2, -0.15) is 24.5 Å². The number of thiophene rings is 1. The maximum atomic E-state index is 12.1. The third-order valence-electron chi connectivity index (χ3n) is 3.20. The number of ether oxygens (including phenoxy) is 1. The van der Waals surface area contributed by atoms with Gasteiger partial charge in [-0.05, 0) is 35.2 Å². The van der Waals surface area contributed by atoms with Crippen molar-refractivity contribution in [1.29, 1.82) is 0 Å². The Morgan fingerprint density at radius 1 is 1.45 bits per heavy atom. The van der Waals surface area contributed by atoms with Crippen LogP contribution in [0.2, 0.25) is 0 Å². The molecule has 0 radical (unpaired) electrons. The zero-order valence-electron chi connectivity index (χ0n) is 11.6. The van der Waals surface area contributed by atoms with E-state index in [-0.39, 0.29) is 12.5 Å². The monoisotopic (exact) mass is 336 g/mol. The van der Waals surface area contributed by atoms with Crippen molar-refractivity contribution in [3.63, 3.8) is 0 Å². The number of carbonyl (C=O) groups is 2. The second-order valence-corrected chi connectivity index (χ2v) is 5.65. The van der Waals surface area contributed by atoms with Crippen LogP contribution >= 0.6 is 11.3 Å². The van der Waals surface area contributed by atoms with Crippen molar-refractivity contribution in [3.05, 3.63) is 22.4 Å². The van der Waals surface area contributed by atoms with E-state index < -0.39 is 24.9 Å². The van der Waals surface area contributed by atoms with E-state index in [2.05, 4.69) is 10.1 Å². The molecule has 1 aromatic heterocycles. The van der Waals surface area contributed by atoms with Crippen molar-refractivity contribution in [2.24, 2.45) is 0 Å². The van der Waals surface area contributed by atoms with Gasteiger partial charge in [-0.25, -0.2) is 4.79 Å². The lowest BCUT2D eigenvalue weighted by molar-refractivity contribution is -0.162. The predicted molar refractivity (Wildman–Crippen MR) is 73.3 cm³/mol. The molecule has 1 N–H and O–H groups in total. The molecule has 0 unspecified atom stereocenters. The number of hydrogen-bond donors (Lipinski definition) is 1. The molecule has 1 aliphatic heterocycles. The molecule has 0 aliphatic carbocycles. The van der Waals surface area contributed by atoms with E-state index in [4.69, 9.17) is 0 Å². The first kappa shape index (κ1) is 16.6. The summed E-state index contributed by atoms with van der Waals surface area (Å²) in [6.45, 7) is -1.11. The van der Waals surface area contributed by atoms with Crippen molar-refractivity contribution < 1.29 is 27.5 Å². The number of likely N-dealkylation sites (tertiary alicyclic amines) is 1. The van der Waals surface area contributed by atoms with Crippen molar-refractivity contribution in [3.8, 4) is 0 Å². The van der Waals surface area contributed by atoms with Crippen LogP contribution in [-0.4, -0.2) is 42.3 Å². The Morgan fingerprint density at radius 2 is 2.23 bits per heavy atom. The van der Waals surface area contributed by atoms with Gasteiger partial charge in [0.15, 0.2) is 6.61 Å². The van der Waals surface area contributed by atoms with Crippen LogP contribution in [0.3, 0.4) is 0 Å². The number of alkyl halides is 3. The minimum absolute atomic E-state index is 0.216. The summed E-state index contributed by atoms with van der Waals surface area (Å²) in [5.74, 6) is -0.382. The van der Waals surface area contributed by atoms with Gasteiger partial charge in [-0.1, -0.05) is 0 Å². The van der Waals surface area contributed by atoms with Crippen LogP contribution in [-0.2, 0) is 16.1 Å². The Morgan fingerprint density at radius 3 is 2.86 bits per heavy atom. The second kappa shape index (κ2) is 6.99. The molecule has 22 heavy (non-hydrogen) atoms. The molecule has 1 saturated heterocycles. The van der Waals surface area contributed by atoms with Gasteiger partial charge in [0, 0.05) is 13.1 Å². The van der Waals surface area contributed by atoms with E-state index >= 15 is 0 Å². The first-order valence-electron chi connectivity index (χ1n) is 6.66. The fourth-order valence-electron chi connectivity index (χ4n) is 2.18. The molecule has 5 nitrogen and oxygen atoms in total. The van der Waals surface area contributed by atoms with E-state index in [0.717, 1.165) is 10.5 Å². The van der Waals surface area contributed by atoms with Gasteiger partial charge in [0.1, 0.15) is 6.04 Å². The van der Waals surface area contributed by atoms with Crippen LogP contribution in [0, 0.1) is 0 Å². The molecule has 1 atom stereocenters. The molecule has 2 amide bonds. The normalized spacial score (nSPS) is 18.3. The number of hydrogen-bond acceptors (Lipinski definition) is 4. The average molecular weight is 336 g/mol. The molecule has 2 rings (SSSR count). The molecule has 0 bridgehead atoms. The smallest absolute Gasteiger partial charge is 0.422 e. The summed E-state index contributed by atoms with van der Waals surface area (Å²) in [7, 11) is 0. The topological polar surface area (TPSA) is 58.6 Å². The van der Waals surface area contributed by atoms with Crippen LogP contribution < -0.4 is 5.32 Å². The lowest BCUT2D eigenvalue weighted by atomic mass is 10.2. The minimum atomic E-state index is -4.58. The molecule has 0 aromatic carbocycles. The van der Waals surface area contributed by atoms with Gasteiger partial charge >= 0.3 is 12.3 Å². The number of nitrogens with one attached hydrogen (secondary N) is 1. The highest BCUT2D eigenvalue weighted by Crippen LogP contribution is 2.21. The Balaban J connectivity index is 1.86. The SMILES string of the molecule is O=C(NCc1ccsc1)[C@H]1CCCN1C(=O)OCC(F)(F)F. The lowest BCUT2D eigenvalue weighted by Gasteiger charge is -2.23. The summed E-state index contributed by atoms with van der Waals surface area (Å²) in [6.07, 6.45) is -4.72. The van der Waals surface area contributed by atoms with Gasteiger partial charge in [0.05, 0.1) is 0 Å². The maximum absolute atomic E-state index is 12.1. The molecule has 1 fully saturated rings. The lowest BCUT2D eigenvalue weighted by Crippen LogP contribution is -2.46. The molecule has 1 aromatic rings. The van der Waals surface area contributed by atoms with Crippen LogP contribution in [0.5, 0.6) is 0 Å². The van der Waals surface area contributed by atoms with Gasteiger partial charge in [0.25, 0.3) is 0 Å². The fourth-order valence-corrected chi connectivity index (χ4v) is 2.85. The maximum Gasteiger partial charge on any atom is 0.422 e. The number of nitrogens with zero attached hydrogens (tertiary/aromatic N) is 1. The largest absolute Gasteiger partial charge is 0.440 e. The summed E-state index contributed by atoms with van der Waals surface area (Å²) < 4.78 is 40.4. The van der Waals surface area contributed by atoms with Crippen LogP contribution in [0.25, 0.3) is 0 Å². The number of carbonyl (C=O) groups excluding carboxylic acids is 2. The third-order valence-corrected chi connectivity index (χ3v) is 3.93. The van der Waals surface area contributed by atoms with E-state index in [1.165, 1.54) is 11.3 Å². The quantitative estimate of drug-likeness (QED) is 0.919. The molecular formula is C13H15F3N2O3S. The highest BCUT2D eigenvalue weighted by Gasteiger charge is 2.37. The molecular weight excluding hydrogens is 321 g/mol. The first-order chi connectivity index (χ1) is 10.4. The standard InChI is InChI=1S/C13H15F3N2O3S/c14-13(15,16)8-21-12(20)18-4-1-2-10(18)11(19)17-6-9-3-5-22-7-9/h3,5,7,10H,1-2,4,6,8H2,(H,17,19)/t10-/m1/s1. The molecule has 9 heteroatoms. The Bertz CT molecular complexity index is 519. The molecule has 2 heterocycles. The van der Waals surface area contributed by atoms with Gasteiger partial charge in [-0.15, -0.1) is 0 Å². The van der Waals surface area contributed by atoms with E-state index in [1.54, 1.807) is 0 Å². The fraction of sp³-hybridized carbons (Fsp3) is 0.538. The summed E-state index contributed by atoms with van der Waals surface area (Å²) >= 11 is 1.50. The molecule has 0 saturated carbocycles. The first-order valence-corrected chi connectivity index (χ1v) is 7.60. The molecule has 122 valence electrons. The van der Waals surface area contributed by atoms with Gasteiger partial charge < -0.3 is 10.1 Å². The van der Waals surface area contributed by atoms with Crippen molar-refractivity contribution in [2.45, 2.75) is 31.6 Å². The minimum Gasteiger partial charge on any atom is -0.440 e.